The van der Waals surface area contributed by atoms with Crippen molar-refractivity contribution < 1.29 is 9.53 Å². The molecule has 0 aliphatic carbocycles. The van der Waals surface area contributed by atoms with Gasteiger partial charge in [-0.15, -0.1) is 24.8 Å². The van der Waals surface area contributed by atoms with E-state index in [2.05, 4.69) is 9.88 Å². The summed E-state index contributed by atoms with van der Waals surface area (Å²) in [5, 5.41) is 1.72. The molecule has 1 aliphatic rings. The van der Waals surface area contributed by atoms with Crippen LogP contribution in [0.25, 0.3) is 10.8 Å². The molecule has 1 saturated heterocycles. The number of aromatic nitrogens is 2. The zero-order valence-electron chi connectivity index (χ0n) is 22.5. The summed E-state index contributed by atoms with van der Waals surface area (Å²) in [6, 6.07) is 21.6. The lowest BCUT2D eigenvalue weighted by Gasteiger charge is -2.26. The minimum absolute atomic E-state index is 0. The molecule has 0 radical (unpaired) electrons. The number of rotatable bonds is 11. The first-order chi connectivity index (χ1) is 18.7. The Morgan fingerprint density at radius 1 is 0.875 bits per heavy atom. The van der Waals surface area contributed by atoms with Crippen molar-refractivity contribution >= 4 is 47.2 Å². The number of carbonyl (C=O) groups is 1. The van der Waals surface area contributed by atoms with Crippen molar-refractivity contribution in [3.63, 3.8) is 0 Å². The molecular formula is C31H36Cl2N4O3. The standard InChI is InChI=1S/C31H34N4O3.2ClH/c36-30-8-3-4-19-35(30)27-9-11-28(12-10-27)38-23-5-18-33(24-25-13-16-32-17-14-25)21-22-34-20-15-26-6-1-2-7-29(26)31(34)37;;/h1-2,6-7,9-17,20H,3-5,8,18-19,21-24H2;2*1H. The fourth-order valence-corrected chi connectivity index (χ4v) is 4.95. The smallest absolute Gasteiger partial charge is 0.258 e. The van der Waals surface area contributed by atoms with Crippen LogP contribution in [-0.4, -0.2) is 46.6 Å². The zero-order chi connectivity index (χ0) is 26.2. The molecule has 4 aromatic rings. The van der Waals surface area contributed by atoms with Crippen LogP contribution in [-0.2, 0) is 17.9 Å². The Labute approximate surface area is 247 Å². The highest BCUT2D eigenvalue weighted by Crippen LogP contribution is 2.23. The lowest BCUT2D eigenvalue weighted by Crippen LogP contribution is -2.35. The second-order valence-corrected chi connectivity index (χ2v) is 9.73. The fraction of sp³-hybridized carbons (Fsp3) is 0.323. The van der Waals surface area contributed by atoms with E-state index in [9.17, 15) is 9.59 Å². The minimum Gasteiger partial charge on any atom is -0.494 e. The highest BCUT2D eigenvalue weighted by molar-refractivity contribution is 5.94. The Kier molecular flexibility index (Phi) is 12.0. The first-order valence-electron chi connectivity index (χ1n) is 13.4. The second kappa shape index (κ2) is 15.4. The maximum Gasteiger partial charge on any atom is 0.258 e. The summed E-state index contributed by atoms with van der Waals surface area (Å²) in [5.41, 5.74) is 2.18. The van der Waals surface area contributed by atoms with Crippen LogP contribution in [0, 0.1) is 0 Å². The zero-order valence-corrected chi connectivity index (χ0v) is 24.1. The second-order valence-electron chi connectivity index (χ2n) is 9.73. The van der Waals surface area contributed by atoms with Crippen LogP contribution in [0.5, 0.6) is 5.75 Å². The van der Waals surface area contributed by atoms with E-state index in [1.807, 2.05) is 90.2 Å². The molecule has 7 nitrogen and oxygen atoms in total. The number of piperidine rings is 1. The molecule has 2 aromatic heterocycles. The number of anilines is 1. The van der Waals surface area contributed by atoms with E-state index < -0.39 is 0 Å². The number of carbonyl (C=O) groups excluding carboxylic acids is 1. The third-order valence-electron chi connectivity index (χ3n) is 7.06. The maximum absolute atomic E-state index is 13.0. The van der Waals surface area contributed by atoms with Crippen molar-refractivity contribution in [1.29, 1.82) is 0 Å². The van der Waals surface area contributed by atoms with Crippen LogP contribution in [0.3, 0.4) is 0 Å². The number of nitrogens with zero attached hydrogens (tertiary/aromatic N) is 4. The average molecular weight is 584 g/mol. The van der Waals surface area contributed by atoms with Crippen LogP contribution in [0.4, 0.5) is 5.69 Å². The summed E-state index contributed by atoms with van der Waals surface area (Å²) in [4.78, 5) is 33.5. The van der Waals surface area contributed by atoms with Gasteiger partial charge in [0.25, 0.3) is 5.56 Å². The van der Waals surface area contributed by atoms with Crippen molar-refractivity contribution in [2.24, 2.45) is 0 Å². The lowest BCUT2D eigenvalue weighted by atomic mass is 10.1. The predicted molar refractivity (Wildman–Crippen MR) is 165 cm³/mol. The highest BCUT2D eigenvalue weighted by atomic mass is 35.5. The quantitative estimate of drug-likeness (QED) is 0.211. The Hall–Kier alpha value is -3.39. The van der Waals surface area contributed by atoms with Gasteiger partial charge in [0.05, 0.1) is 6.61 Å². The molecule has 0 bridgehead atoms. The van der Waals surface area contributed by atoms with E-state index in [1.54, 1.807) is 4.57 Å². The molecule has 1 aliphatic heterocycles. The highest BCUT2D eigenvalue weighted by Gasteiger charge is 2.19. The van der Waals surface area contributed by atoms with Crippen LogP contribution < -0.4 is 15.2 Å². The SMILES string of the molecule is Cl.Cl.O=C1CCCCN1c1ccc(OCCCN(CCn2ccc3ccccc3c2=O)Cc2ccncc2)cc1. The Bertz CT molecular complexity index is 1410. The number of halogens is 2. The van der Waals surface area contributed by atoms with Crippen molar-refractivity contribution in [2.45, 2.75) is 38.8 Å². The van der Waals surface area contributed by atoms with Gasteiger partial charge in [0.2, 0.25) is 5.91 Å². The predicted octanol–water partition coefficient (Wildman–Crippen LogP) is 5.73. The molecule has 0 unspecified atom stereocenters. The van der Waals surface area contributed by atoms with Gasteiger partial charge < -0.3 is 14.2 Å². The molecule has 2 aromatic carbocycles. The van der Waals surface area contributed by atoms with E-state index in [-0.39, 0.29) is 36.3 Å². The van der Waals surface area contributed by atoms with Gasteiger partial charge in [-0.3, -0.25) is 19.5 Å². The summed E-state index contributed by atoms with van der Waals surface area (Å²) in [7, 11) is 0. The van der Waals surface area contributed by atoms with Gasteiger partial charge in [-0.05, 0) is 78.7 Å². The number of amides is 1. The van der Waals surface area contributed by atoms with E-state index in [4.69, 9.17) is 4.74 Å². The fourth-order valence-electron chi connectivity index (χ4n) is 4.95. The molecule has 0 saturated carbocycles. The number of hydrogen-bond donors (Lipinski definition) is 0. The number of hydrogen-bond acceptors (Lipinski definition) is 5. The van der Waals surface area contributed by atoms with Crippen LogP contribution >= 0.6 is 24.8 Å². The van der Waals surface area contributed by atoms with Crippen molar-refractivity contribution in [2.75, 3.05) is 31.1 Å². The first-order valence-corrected chi connectivity index (χ1v) is 13.4. The summed E-state index contributed by atoms with van der Waals surface area (Å²) in [6.07, 6.45) is 9.02. The normalized spacial score (nSPS) is 13.1. The molecule has 0 atom stereocenters. The summed E-state index contributed by atoms with van der Waals surface area (Å²) < 4.78 is 7.81. The van der Waals surface area contributed by atoms with Crippen LogP contribution in [0.2, 0.25) is 0 Å². The molecule has 212 valence electrons. The van der Waals surface area contributed by atoms with E-state index in [0.717, 1.165) is 67.7 Å². The number of ether oxygens (including phenoxy) is 1. The van der Waals surface area contributed by atoms with Crippen molar-refractivity contribution in [3.8, 4) is 5.75 Å². The first kappa shape index (κ1) is 31.1. The summed E-state index contributed by atoms with van der Waals surface area (Å²) in [5.74, 6) is 1.01. The van der Waals surface area contributed by atoms with Gasteiger partial charge in [-0.1, -0.05) is 18.2 Å². The van der Waals surface area contributed by atoms with E-state index >= 15 is 0 Å². The van der Waals surface area contributed by atoms with Gasteiger partial charge in [-0.2, -0.15) is 0 Å². The van der Waals surface area contributed by atoms with E-state index in [1.165, 1.54) is 5.56 Å². The monoisotopic (exact) mass is 582 g/mol. The Morgan fingerprint density at radius 2 is 1.65 bits per heavy atom. The summed E-state index contributed by atoms with van der Waals surface area (Å²) in [6.45, 7) is 4.36. The third kappa shape index (κ3) is 8.07. The largest absolute Gasteiger partial charge is 0.494 e. The van der Waals surface area contributed by atoms with Crippen molar-refractivity contribution in [3.05, 3.63) is 101 Å². The molecular weight excluding hydrogens is 547 g/mol. The molecule has 5 rings (SSSR count). The number of pyridine rings is 2. The number of fused-ring (bicyclic) bond motifs is 1. The Balaban J connectivity index is 0.00000220. The van der Waals surface area contributed by atoms with Crippen LogP contribution in [0.15, 0.2) is 90.1 Å². The van der Waals surface area contributed by atoms with Gasteiger partial charge in [0.1, 0.15) is 5.75 Å². The minimum atomic E-state index is 0. The molecule has 1 amide bonds. The summed E-state index contributed by atoms with van der Waals surface area (Å²) >= 11 is 0. The molecule has 3 heterocycles. The van der Waals surface area contributed by atoms with E-state index in [0.29, 0.717) is 19.6 Å². The van der Waals surface area contributed by atoms with Gasteiger partial charge in [-0.25, -0.2) is 0 Å². The van der Waals surface area contributed by atoms with Crippen molar-refractivity contribution in [1.82, 2.24) is 14.5 Å². The van der Waals surface area contributed by atoms with Gasteiger partial charge in [0.15, 0.2) is 0 Å². The van der Waals surface area contributed by atoms with Gasteiger partial charge >= 0.3 is 0 Å². The average Bonchev–Trinajstić information content (AvgIpc) is 2.96. The third-order valence-corrected chi connectivity index (χ3v) is 7.06. The maximum atomic E-state index is 13.0. The number of benzene rings is 2. The molecule has 0 N–H and O–H groups in total. The lowest BCUT2D eigenvalue weighted by molar-refractivity contribution is -0.119. The Morgan fingerprint density at radius 3 is 2.42 bits per heavy atom. The molecule has 9 heteroatoms. The molecule has 1 fully saturated rings. The molecule has 0 spiro atoms. The topological polar surface area (TPSA) is 67.7 Å². The molecule has 40 heavy (non-hydrogen) atoms. The van der Waals surface area contributed by atoms with Gasteiger partial charge in [0, 0.05) is 68.8 Å². The van der Waals surface area contributed by atoms with Crippen LogP contribution in [0.1, 0.15) is 31.2 Å².